The van der Waals surface area contributed by atoms with Gasteiger partial charge >= 0.3 is 0 Å². The van der Waals surface area contributed by atoms with Gasteiger partial charge < -0.3 is 10.8 Å². The van der Waals surface area contributed by atoms with Crippen LogP contribution >= 0.6 is 0 Å². The van der Waals surface area contributed by atoms with E-state index in [1.807, 2.05) is 0 Å². The van der Waals surface area contributed by atoms with Crippen molar-refractivity contribution in [1.29, 1.82) is 0 Å². The summed E-state index contributed by atoms with van der Waals surface area (Å²) < 4.78 is 38.2. The Morgan fingerprint density at radius 1 is 1.29 bits per heavy atom. The average molecular weight is 205 g/mol. The molecule has 0 saturated carbocycles. The smallest absolute Gasteiger partial charge is 0.289 e. The number of rotatable bonds is 3. The van der Waals surface area contributed by atoms with Crippen LogP contribution in [0.3, 0.4) is 0 Å². The van der Waals surface area contributed by atoms with Crippen LogP contribution in [0.1, 0.15) is 11.6 Å². The van der Waals surface area contributed by atoms with Crippen LogP contribution in [0.2, 0.25) is 0 Å². The van der Waals surface area contributed by atoms with E-state index >= 15 is 0 Å². The quantitative estimate of drug-likeness (QED) is 0.784. The largest absolute Gasteiger partial charge is 0.390 e. The third-order valence-electron chi connectivity index (χ3n) is 1.89. The Hall–Kier alpha value is -1.07. The van der Waals surface area contributed by atoms with Gasteiger partial charge in [0.25, 0.3) is 5.92 Å². The maximum absolute atomic E-state index is 12.9. The molecule has 78 valence electrons. The van der Waals surface area contributed by atoms with E-state index < -0.39 is 24.4 Å². The molecular formula is C9H10F3NO. The van der Waals surface area contributed by atoms with Crippen LogP contribution in [0.5, 0.6) is 0 Å². The molecule has 0 aliphatic heterocycles. The van der Waals surface area contributed by atoms with Crippen LogP contribution in [0, 0.1) is 5.82 Å². The monoisotopic (exact) mass is 205 g/mol. The number of aliphatic hydroxyl groups excluding tert-OH is 1. The Morgan fingerprint density at radius 3 is 2.21 bits per heavy atom. The molecule has 1 aromatic carbocycles. The molecule has 0 aromatic heterocycles. The van der Waals surface area contributed by atoms with Crippen molar-refractivity contribution < 1.29 is 18.3 Å². The Morgan fingerprint density at radius 2 is 1.79 bits per heavy atom. The second-order valence-electron chi connectivity index (χ2n) is 2.95. The van der Waals surface area contributed by atoms with Crippen molar-refractivity contribution >= 4 is 0 Å². The molecule has 0 bridgehead atoms. The molecule has 0 amide bonds. The minimum atomic E-state index is -3.39. The molecule has 5 heteroatoms. The van der Waals surface area contributed by atoms with Gasteiger partial charge in [0.2, 0.25) is 0 Å². The predicted octanol–water partition coefficient (Wildman–Crippen LogP) is 1.45. The van der Waals surface area contributed by atoms with Gasteiger partial charge in [-0.25, -0.2) is 13.2 Å². The topological polar surface area (TPSA) is 46.2 Å². The minimum absolute atomic E-state index is 0.0884. The molecule has 0 fully saturated rings. The van der Waals surface area contributed by atoms with Gasteiger partial charge in [-0.1, -0.05) is 12.1 Å². The number of hydrogen-bond acceptors (Lipinski definition) is 2. The molecule has 0 unspecified atom stereocenters. The van der Waals surface area contributed by atoms with Gasteiger partial charge in [-0.3, -0.25) is 0 Å². The van der Waals surface area contributed by atoms with Crippen LogP contribution < -0.4 is 5.73 Å². The van der Waals surface area contributed by atoms with E-state index in [9.17, 15) is 13.2 Å². The fourth-order valence-electron chi connectivity index (χ4n) is 1.01. The lowest BCUT2D eigenvalue weighted by molar-refractivity contribution is -0.0711. The van der Waals surface area contributed by atoms with Crippen molar-refractivity contribution in [3.05, 3.63) is 35.6 Å². The van der Waals surface area contributed by atoms with Gasteiger partial charge in [-0.15, -0.1) is 0 Å². The zero-order chi connectivity index (χ0) is 10.8. The van der Waals surface area contributed by atoms with E-state index in [1.54, 1.807) is 0 Å². The molecule has 0 radical (unpaired) electrons. The van der Waals surface area contributed by atoms with E-state index in [0.717, 1.165) is 12.1 Å². The predicted molar refractivity (Wildman–Crippen MR) is 45.4 cm³/mol. The number of nitrogens with two attached hydrogens (primary N) is 1. The zero-order valence-corrected chi connectivity index (χ0v) is 7.25. The Bertz CT molecular complexity index is 299. The van der Waals surface area contributed by atoms with Crippen LogP contribution in [0.15, 0.2) is 24.3 Å². The van der Waals surface area contributed by atoms with Gasteiger partial charge in [0.15, 0.2) is 0 Å². The van der Waals surface area contributed by atoms with E-state index in [4.69, 9.17) is 10.8 Å². The van der Waals surface area contributed by atoms with Gasteiger partial charge in [0.1, 0.15) is 12.4 Å². The molecule has 1 aromatic rings. The lowest BCUT2D eigenvalue weighted by Gasteiger charge is -2.21. The molecule has 3 N–H and O–H groups in total. The van der Waals surface area contributed by atoms with Gasteiger partial charge in [-0.05, 0) is 17.7 Å². The van der Waals surface area contributed by atoms with Crippen LogP contribution in [-0.2, 0) is 0 Å². The third-order valence-corrected chi connectivity index (χ3v) is 1.89. The SMILES string of the molecule is N[C@H](c1ccc(F)cc1)C(F)(F)CO. The van der Waals surface area contributed by atoms with Gasteiger partial charge in [-0.2, -0.15) is 0 Å². The van der Waals surface area contributed by atoms with Gasteiger partial charge in [0.05, 0.1) is 6.04 Å². The van der Waals surface area contributed by atoms with E-state index in [0.29, 0.717) is 0 Å². The van der Waals surface area contributed by atoms with Crippen LogP contribution in [0.4, 0.5) is 13.2 Å². The second-order valence-corrected chi connectivity index (χ2v) is 2.95. The van der Waals surface area contributed by atoms with Crippen molar-refractivity contribution in [2.45, 2.75) is 12.0 Å². The lowest BCUT2D eigenvalue weighted by Crippen LogP contribution is -2.36. The first-order chi connectivity index (χ1) is 6.47. The molecular weight excluding hydrogens is 195 g/mol. The Kier molecular flexibility index (Phi) is 3.13. The van der Waals surface area contributed by atoms with Crippen molar-refractivity contribution in [1.82, 2.24) is 0 Å². The highest BCUT2D eigenvalue weighted by molar-refractivity contribution is 5.21. The molecule has 1 atom stereocenters. The fourth-order valence-corrected chi connectivity index (χ4v) is 1.01. The summed E-state index contributed by atoms with van der Waals surface area (Å²) in [6.07, 6.45) is 0. The molecule has 1 rings (SSSR count). The normalized spacial score (nSPS) is 14.1. The highest BCUT2D eigenvalue weighted by Crippen LogP contribution is 2.28. The van der Waals surface area contributed by atoms with E-state index in [2.05, 4.69) is 0 Å². The summed E-state index contributed by atoms with van der Waals surface area (Å²) >= 11 is 0. The van der Waals surface area contributed by atoms with Crippen molar-refractivity contribution in [3.8, 4) is 0 Å². The lowest BCUT2D eigenvalue weighted by atomic mass is 10.0. The highest BCUT2D eigenvalue weighted by Gasteiger charge is 2.37. The van der Waals surface area contributed by atoms with Crippen LogP contribution in [0.25, 0.3) is 0 Å². The number of alkyl halides is 2. The van der Waals surface area contributed by atoms with Crippen molar-refractivity contribution in [2.24, 2.45) is 5.73 Å². The molecule has 2 nitrogen and oxygen atoms in total. The van der Waals surface area contributed by atoms with E-state index in [-0.39, 0.29) is 5.56 Å². The number of benzene rings is 1. The molecule has 14 heavy (non-hydrogen) atoms. The van der Waals surface area contributed by atoms with E-state index in [1.165, 1.54) is 12.1 Å². The molecule has 0 aliphatic carbocycles. The Labute approximate surface area is 79.2 Å². The molecule has 0 spiro atoms. The molecule has 0 saturated heterocycles. The van der Waals surface area contributed by atoms with Crippen molar-refractivity contribution in [3.63, 3.8) is 0 Å². The zero-order valence-electron chi connectivity index (χ0n) is 7.25. The standard InChI is InChI=1S/C9H10F3NO/c10-7-3-1-6(2-4-7)8(13)9(11,12)5-14/h1-4,8,14H,5,13H2/t8-/m1/s1. The average Bonchev–Trinajstić information content (AvgIpc) is 2.18. The first-order valence-electron chi connectivity index (χ1n) is 3.97. The summed E-state index contributed by atoms with van der Waals surface area (Å²) in [4.78, 5) is 0. The summed E-state index contributed by atoms with van der Waals surface area (Å²) in [6, 6.07) is 2.81. The maximum Gasteiger partial charge on any atom is 0.289 e. The summed E-state index contributed by atoms with van der Waals surface area (Å²) in [5.41, 5.74) is 5.29. The number of halogens is 3. The molecule has 0 heterocycles. The third kappa shape index (κ3) is 2.24. The number of aliphatic hydroxyl groups is 1. The first kappa shape index (κ1) is 11.0. The fraction of sp³-hybridized carbons (Fsp3) is 0.333. The summed E-state index contributed by atoms with van der Waals surface area (Å²) in [5, 5.41) is 8.38. The first-order valence-corrected chi connectivity index (χ1v) is 3.97. The second kappa shape index (κ2) is 3.98. The molecule has 0 aliphatic rings. The Balaban J connectivity index is 2.89. The van der Waals surface area contributed by atoms with Crippen molar-refractivity contribution in [2.75, 3.05) is 6.61 Å². The van der Waals surface area contributed by atoms with Gasteiger partial charge in [0, 0.05) is 0 Å². The highest BCUT2D eigenvalue weighted by atomic mass is 19.3. The summed E-state index contributed by atoms with van der Waals surface area (Å²) in [5.74, 6) is -3.91. The minimum Gasteiger partial charge on any atom is -0.390 e. The summed E-state index contributed by atoms with van der Waals surface area (Å²) in [6.45, 7) is -1.33. The number of hydrogen-bond donors (Lipinski definition) is 2. The van der Waals surface area contributed by atoms with Crippen LogP contribution in [-0.4, -0.2) is 17.6 Å². The maximum atomic E-state index is 12.9. The summed E-state index contributed by atoms with van der Waals surface area (Å²) in [7, 11) is 0.